The molecule has 3 N–H and O–H groups in total. The minimum absolute atomic E-state index is 0. The first-order chi connectivity index (χ1) is 7.24. The highest BCUT2D eigenvalue weighted by Crippen LogP contribution is 2.35. The summed E-state index contributed by atoms with van der Waals surface area (Å²) in [6, 6.07) is 4.12. The molecule has 0 fully saturated rings. The normalized spacial score (nSPS) is 16.8. The predicted molar refractivity (Wildman–Crippen MR) is 74.2 cm³/mol. The lowest BCUT2D eigenvalue weighted by atomic mass is 9.99. The fourth-order valence-corrected chi connectivity index (χ4v) is 1.85. The van der Waals surface area contributed by atoms with Gasteiger partial charge in [0.15, 0.2) is 11.5 Å². The molecule has 0 aromatic heterocycles. The SMILES string of the molecule is COc1cc2c(cc1OC)NCC(N)C2.Cl.Cl. The van der Waals surface area contributed by atoms with Crippen LogP contribution in [0.2, 0.25) is 0 Å². The quantitative estimate of drug-likeness (QED) is 0.868. The molecule has 2 rings (SSSR count). The summed E-state index contributed by atoms with van der Waals surface area (Å²) in [4.78, 5) is 0. The molecule has 98 valence electrons. The van der Waals surface area contributed by atoms with Crippen LogP contribution in [0.5, 0.6) is 11.5 Å². The number of benzene rings is 1. The third-order valence-electron chi connectivity index (χ3n) is 2.65. The summed E-state index contributed by atoms with van der Waals surface area (Å²) >= 11 is 0. The van der Waals surface area contributed by atoms with Crippen molar-refractivity contribution in [2.45, 2.75) is 12.5 Å². The smallest absolute Gasteiger partial charge is 0.162 e. The molecular weight excluding hydrogens is 263 g/mol. The second-order valence-electron chi connectivity index (χ2n) is 3.71. The highest BCUT2D eigenvalue weighted by atomic mass is 35.5. The standard InChI is InChI=1S/C11H16N2O2.2ClH/c1-14-10-4-7-3-8(12)6-13-9(7)5-11(10)15-2;;/h4-5,8,13H,3,6,12H2,1-2H3;2*1H. The largest absolute Gasteiger partial charge is 0.493 e. The van der Waals surface area contributed by atoms with E-state index in [2.05, 4.69) is 5.32 Å². The number of halogens is 2. The Kier molecular flexibility index (Phi) is 6.45. The lowest BCUT2D eigenvalue weighted by Crippen LogP contribution is -2.35. The Morgan fingerprint density at radius 2 is 1.76 bits per heavy atom. The van der Waals surface area contributed by atoms with Gasteiger partial charge in [-0.1, -0.05) is 0 Å². The number of hydrogen-bond acceptors (Lipinski definition) is 4. The zero-order valence-electron chi connectivity index (χ0n) is 9.86. The third kappa shape index (κ3) is 3.31. The number of methoxy groups -OCH3 is 2. The Hall–Kier alpha value is -0.840. The molecule has 1 atom stereocenters. The highest BCUT2D eigenvalue weighted by molar-refractivity contribution is 5.85. The third-order valence-corrected chi connectivity index (χ3v) is 2.65. The van der Waals surface area contributed by atoms with Crippen LogP contribution >= 0.6 is 24.8 Å². The summed E-state index contributed by atoms with van der Waals surface area (Å²) in [5.74, 6) is 1.51. The Balaban J connectivity index is 0.00000128. The van der Waals surface area contributed by atoms with Gasteiger partial charge in [-0.05, 0) is 18.1 Å². The summed E-state index contributed by atoms with van der Waals surface area (Å²) in [6.45, 7) is 0.808. The van der Waals surface area contributed by atoms with Gasteiger partial charge in [0, 0.05) is 24.3 Å². The molecule has 6 heteroatoms. The maximum atomic E-state index is 5.88. The van der Waals surface area contributed by atoms with Gasteiger partial charge in [-0.3, -0.25) is 0 Å². The van der Waals surface area contributed by atoms with E-state index in [4.69, 9.17) is 15.2 Å². The van der Waals surface area contributed by atoms with Crippen molar-refractivity contribution >= 4 is 30.5 Å². The van der Waals surface area contributed by atoms with Crippen molar-refractivity contribution in [1.82, 2.24) is 0 Å². The highest BCUT2D eigenvalue weighted by Gasteiger charge is 2.17. The molecule has 1 aliphatic rings. The number of nitrogens with two attached hydrogens (primary N) is 1. The molecule has 1 unspecified atom stereocenters. The Labute approximate surface area is 114 Å². The van der Waals surface area contributed by atoms with E-state index in [1.165, 1.54) is 5.56 Å². The molecule has 1 aliphatic heterocycles. The molecule has 17 heavy (non-hydrogen) atoms. The monoisotopic (exact) mass is 280 g/mol. The molecule has 0 bridgehead atoms. The summed E-state index contributed by atoms with van der Waals surface area (Å²) in [5.41, 5.74) is 8.16. The maximum Gasteiger partial charge on any atom is 0.162 e. The average Bonchev–Trinajstić information content (AvgIpc) is 2.27. The van der Waals surface area contributed by atoms with Gasteiger partial charge >= 0.3 is 0 Å². The lowest BCUT2D eigenvalue weighted by molar-refractivity contribution is 0.354. The Bertz CT molecular complexity index is 375. The number of fused-ring (bicyclic) bond motifs is 1. The van der Waals surface area contributed by atoms with Crippen molar-refractivity contribution in [3.8, 4) is 11.5 Å². The first-order valence-electron chi connectivity index (χ1n) is 4.99. The van der Waals surface area contributed by atoms with E-state index in [-0.39, 0.29) is 30.9 Å². The molecule has 0 saturated heterocycles. The number of hydrogen-bond donors (Lipinski definition) is 2. The van der Waals surface area contributed by atoms with E-state index >= 15 is 0 Å². The second-order valence-corrected chi connectivity index (χ2v) is 3.71. The van der Waals surface area contributed by atoms with Crippen LogP contribution in [-0.2, 0) is 6.42 Å². The van der Waals surface area contributed by atoms with Gasteiger partial charge in [-0.15, -0.1) is 24.8 Å². The first kappa shape index (κ1) is 16.2. The maximum absolute atomic E-state index is 5.88. The number of anilines is 1. The first-order valence-corrected chi connectivity index (χ1v) is 4.99. The minimum atomic E-state index is 0. The zero-order valence-corrected chi connectivity index (χ0v) is 11.5. The summed E-state index contributed by atoms with van der Waals surface area (Å²) in [7, 11) is 3.28. The topological polar surface area (TPSA) is 56.5 Å². The van der Waals surface area contributed by atoms with Crippen LogP contribution in [0, 0.1) is 0 Å². The van der Waals surface area contributed by atoms with Crippen LogP contribution in [-0.4, -0.2) is 26.8 Å². The van der Waals surface area contributed by atoms with E-state index in [1.807, 2.05) is 12.1 Å². The van der Waals surface area contributed by atoms with E-state index in [0.29, 0.717) is 0 Å². The van der Waals surface area contributed by atoms with Crippen LogP contribution in [0.15, 0.2) is 12.1 Å². The van der Waals surface area contributed by atoms with E-state index in [1.54, 1.807) is 14.2 Å². The molecule has 0 spiro atoms. The van der Waals surface area contributed by atoms with Gasteiger partial charge in [0.1, 0.15) is 0 Å². The Morgan fingerprint density at radius 1 is 1.18 bits per heavy atom. The zero-order chi connectivity index (χ0) is 10.8. The van der Waals surface area contributed by atoms with Gasteiger partial charge in [0.2, 0.25) is 0 Å². The van der Waals surface area contributed by atoms with E-state index in [0.717, 1.165) is 30.2 Å². The van der Waals surface area contributed by atoms with Gasteiger partial charge in [-0.2, -0.15) is 0 Å². The van der Waals surface area contributed by atoms with Gasteiger partial charge < -0.3 is 20.5 Å². The van der Waals surface area contributed by atoms with Crippen LogP contribution < -0.4 is 20.5 Å². The number of nitrogens with one attached hydrogen (secondary N) is 1. The van der Waals surface area contributed by atoms with Gasteiger partial charge in [-0.25, -0.2) is 0 Å². The molecule has 0 aliphatic carbocycles. The van der Waals surface area contributed by atoms with Crippen molar-refractivity contribution in [3.63, 3.8) is 0 Å². The second kappa shape index (κ2) is 6.79. The number of rotatable bonds is 2. The van der Waals surface area contributed by atoms with E-state index in [9.17, 15) is 0 Å². The van der Waals surface area contributed by atoms with Crippen LogP contribution in [0.25, 0.3) is 0 Å². The molecule has 1 heterocycles. The van der Waals surface area contributed by atoms with Gasteiger partial charge in [0.05, 0.1) is 14.2 Å². The fraction of sp³-hybridized carbons (Fsp3) is 0.455. The van der Waals surface area contributed by atoms with Crippen LogP contribution in [0.1, 0.15) is 5.56 Å². The predicted octanol–water partition coefficient (Wildman–Crippen LogP) is 1.84. The van der Waals surface area contributed by atoms with Crippen LogP contribution in [0.4, 0.5) is 5.69 Å². The molecular formula is C11H18Cl2N2O2. The van der Waals surface area contributed by atoms with Crippen molar-refractivity contribution < 1.29 is 9.47 Å². The Morgan fingerprint density at radius 3 is 2.35 bits per heavy atom. The summed E-state index contributed by atoms with van der Waals surface area (Å²) < 4.78 is 10.5. The summed E-state index contributed by atoms with van der Waals surface area (Å²) in [6.07, 6.45) is 0.878. The van der Waals surface area contributed by atoms with Gasteiger partial charge in [0.25, 0.3) is 0 Å². The molecule has 0 amide bonds. The van der Waals surface area contributed by atoms with Crippen molar-refractivity contribution in [2.24, 2.45) is 5.73 Å². The molecule has 0 saturated carbocycles. The molecule has 4 nitrogen and oxygen atoms in total. The lowest BCUT2D eigenvalue weighted by Gasteiger charge is -2.24. The van der Waals surface area contributed by atoms with Crippen LogP contribution in [0.3, 0.4) is 0 Å². The van der Waals surface area contributed by atoms with E-state index < -0.39 is 0 Å². The summed E-state index contributed by atoms with van der Waals surface area (Å²) in [5, 5.41) is 3.28. The van der Waals surface area contributed by atoms with Crippen molar-refractivity contribution in [3.05, 3.63) is 17.7 Å². The molecule has 0 radical (unpaired) electrons. The fourth-order valence-electron chi connectivity index (χ4n) is 1.85. The minimum Gasteiger partial charge on any atom is -0.493 e. The molecule has 1 aromatic carbocycles. The van der Waals surface area contributed by atoms with Crippen molar-refractivity contribution in [2.75, 3.05) is 26.1 Å². The molecule has 1 aromatic rings. The van der Waals surface area contributed by atoms with Crippen molar-refractivity contribution in [1.29, 1.82) is 0 Å². The number of ether oxygens (including phenoxy) is 2. The average molecular weight is 281 g/mol.